The first-order valence-corrected chi connectivity index (χ1v) is 19.3. The Morgan fingerprint density at radius 3 is 2.59 bits per heavy atom. The number of hydrogen-bond acceptors (Lipinski definition) is 10. The summed E-state index contributed by atoms with van der Waals surface area (Å²) >= 11 is 1.35. The van der Waals surface area contributed by atoms with E-state index in [1.54, 1.807) is 27.7 Å². The number of nitrogens with zero attached hydrogens (tertiary/aromatic N) is 2. The molecule has 3 fully saturated rings. The van der Waals surface area contributed by atoms with Gasteiger partial charge < -0.3 is 25.0 Å². The number of hydrogen-bond donors (Lipinski definition) is 3. The number of amides is 4. The van der Waals surface area contributed by atoms with Gasteiger partial charge in [-0.1, -0.05) is 48.5 Å². The van der Waals surface area contributed by atoms with Crippen LogP contribution in [0.3, 0.4) is 0 Å². The van der Waals surface area contributed by atoms with Gasteiger partial charge in [-0.3, -0.25) is 19.1 Å². The lowest BCUT2D eigenvalue weighted by Gasteiger charge is -2.30. The van der Waals surface area contributed by atoms with Gasteiger partial charge in [-0.15, -0.1) is 0 Å². The van der Waals surface area contributed by atoms with Crippen LogP contribution in [0.5, 0.6) is 5.19 Å². The summed E-state index contributed by atoms with van der Waals surface area (Å²) in [5.41, 5.74) is -1.51. The first kappa shape index (κ1) is 35.1. The number of thiazole rings is 1. The fourth-order valence-electron chi connectivity index (χ4n) is 6.44. The number of benzene rings is 1. The van der Waals surface area contributed by atoms with Gasteiger partial charge in [0.2, 0.25) is 21.8 Å². The summed E-state index contributed by atoms with van der Waals surface area (Å²) in [6.45, 7) is 6.83. The van der Waals surface area contributed by atoms with Crippen LogP contribution in [-0.4, -0.2) is 82.7 Å². The van der Waals surface area contributed by atoms with E-state index < -0.39 is 73.8 Å². The van der Waals surface area contributed by atoms with Gasteiger partial charge in [0.25, 0.3) is 11.1 Å². The topological polar surface area (TPSA) is 173 Å². The van der Waals surface area contributed by atoms with Crippen molar-refractivity contribution in [1.82, 2.24) is 25.2 Å². The summed E-state index contributed by atoms with van der Waals surface area (Å²) in [4.78, 5) is 61.1. The van der Waals surface area contributed by atoms with Crippen LogP contribution in [0.25, 0.3) is 10.2 Å². The third-order valence-electron chi connectivity index (χ3n) is 9.71. The van der Waals surface area contributed by atoms with Gasteiger partial charge in [0, 0.05) is 12.3 Å². The highest BCUT2D eigenvalue weighted by Gasteiger charge is 2.63. The number of para-hydroxylation sites is 1. The number of aromatic nitrogens is 1. The normalized spacial score (nSPS) is 28.7. The zero-order chi connectivity index (χ0) is 35.2. The van der Waals surface area contributed by atoms with Gasteiger partial charge in [0.15, 0.2) is 0 Å². The third-order valence-corrected chi connectivity index (χ3v) is 12.8. The standard InChI is InChI=1S/C34H45N5O8S2/c1-32(2,3)47-30(43)35-24-14-9-7-5-6-8-12-21-19-34(21,29(42)38-49(44,45)33(4)16-17-33)37-27(40)25-18-22(20-39(25)28(24)41)46-31-36-23-13-10-11-15-26(23)48-31/h8,10-13,15,21-22,24-25H,5-7,9,14,16-20H2,1-4H3,(H,35,43)(H,37,40)(H,38,42)/t21-,22-,24+,25+,34-/m1/s1. The lowest BCUT2D eigenvalue weighted by molar-refractivity contribution is -0.141. The van der Waals surface area contributed by atoms with Crippen LogP contribution in [0.2, 0.25) is 0 Å². The molecule has 3 N–H and O–H groups in total. The van der Waals surface area contributed by atoms with Crippen molar-refractivity contribution >= 4 is 55.4 Å². The molecule has 0 radical (unpaired) electrons. The number of alkyl carbamates (subject to hydrolysis) is 1. The fraction of sp³-hybridized carbons (Fsp3) is 0.618. The van der Waals surface area contributed by atoms with Crippen molar-refractivity contribution in [3.8, 4) is 5.19 Å². The number of fused-ring (bicyclic) bond motifs is 3. The maximum absolute atomic E-state index is 14.3. The maximum Gasteiger partial charge on any atom is 0.408 e. The van der Waals surface area contributed by atoms with Crippen LogP contribution in [0.1, 0.15) is 85.5 Å². The molecule has 1 aromatic heterocycles. The molecule has 0 unspecified atom stereocenters. The third kappa shape index (κ3) is 7.72. The average molecular weight is 716 g/mol. The van der Waals surface area contributed by atoms with Crippen LogP contribution in [-0.2, 0) is 29.1 Å². The minimum absolute atomic E-state index is 0.0363. The van der Waals surface area contributed by atoms with Gasteiger partial charge >= 0.3 is 6.09 Å². The van der Waals surface area contributed by atoms with Crippen molar-refractivity contribution in [2.75, 3.05) is 6.54 Å². The molecule has 2 saturated carbocycles. The van der Waals surface area contributed by atoms with Crippen molar-refractivity contribution < 1.29 is 37.1 Å². The molecule has 3 heterocycles. The van der Waals surface area contributed by atoms with Crippen molar-refractivity contribution in [3.05, 3.63) is 36.4 Å². The summed E-state index contributed by atoms with van der Waals surface area (Å²) in [6, 6.07) is 5.55. The smallest absolute Gasteiger partial charge is 0.408 e. The van der Waals surface area contributed by atoms with E-state index in [1.165, 1.54) is 16.2 Å². The molecular formula is C34H45N5O8S2. The summed E-state index contributed by atoms with van der Waals surface area (Å²) in [7, 11) is -3.96. The Kier molecular flexibility index (Phi) is 9.46. The molecule has 4 amide bonds. The van der Waals surface area contributed by atoms with E-state index in [0.29, 0.717) is 37.3 Å². The highest BCUT2D eigenvalue weighted by atomic mass is 32.2. The molecule has 1 saturated heterocycles. The lowest BCUT2D eigenvalue weighted by Crippen LogP contribution is -2.58. The summed E-state index contributed by atoms with van der Waals surface area (Å²) in [5.74, 6) is -2.26. The predicted octanol–water partition coefficient (Wildman–Crippen LogP) is 3.93. The lowest BCUT2D eigenvalue weighted by atomic mass is 10.0. The monoisotopic (exact) mass is 715 g/mol. The molecule has 266 valence electrons. The highest BCUT2D eigenvalue weighted by molar-refractivity contribution is 7.91. The van der Waals surface area contributed by atoms with E-state index in [-0.39, 0.29) is 19.4 Å². The summed E-state index contributed by atoms with van der Waals surface area (Å²) in [5, 5.41) is 6.01. The molecule has 0 spiro atoms. The quantitative estimate of drug-likeness (QED) is 0.375. The molecular weight excluding hydrogens is 671 g/mol. The number of carbonyl (C=O) groups excluding carboxylic acids is 4. The number of sulfonamides is 1. The predicted molar refractivity (Wildman–Crippen MR) is 183 cm³/mol. The second-order valence-electron chi connectivity index (χ2n) is 14.9. The Bertz CT molecular complexity index is 1730. The Morgan fingerprint density at radius 2 is 1.88 bits per heavy atom. The SMILES string of the molecule is CC(C)(C)OC(=O)N[C@H]1CCCCCC=C[C@@H]2C[C@@]2(C(=O)NS(=O)(=O)C2(C)CC2)NC(=O)[C@@H]2C[C@@H](Oc3nc4ccccc4s3)CN2C1=O. The minimum atomic E-state index is -3.96. The van der Waals surface area contributed by atoms with Crippen LogP contribution in [0.4, 0.5) is 4.79 Å². The van der Waals surface area contributed by atoms with Gasteiger partial charge in [-0.2, -0.15) is 0 Å². The van der Waals surface area contributed by atoms with Crippen molar-refractivity contribution in [2.24, 2.45) is 5.92 Å². The number of allylic oxidation sites excluding steroid dienone is 1. The van der Waals surface area contributed by atoms with Crippen molar-refractivity contribution in [2.45, 2.75) is 120 Å². The van der Waals surface area contributed by atoms with Crippen LogP contribution in [0, 0.1) is 5.92 Å². The number of carbonyl (C=O) groups is 4. The molecule has 2 aliphatic heterocycles. The molecule has 49 heavy (non-hydrogen) atoms. The Balaban J connectivity index is 1.29. The molecule has 5 atom stereocenters. The molecule has 13 nitrogen and oxygen atoms in total. The molecule has 4 aliphatic rings. The van der Waals surface area contributed by atoms with Gasteiger partial charge in [-0.25, -0.2) is 18.2 Å². The second-order valence-corrected chi connectivity index (χ2v) is 18.0. The van der Waals surface area contributed by atoms with E-state index in [4.69, 9.17) is 9.47 Å². The van der Waals surface area contributed by atoms with E-state index in [9.17, 15) is 27.6 Å². The van der Waals surface area contributed by atoms with Gasteiger partial charge in [0.05, 0.1) is 21.5 Å². The molecule has 2 aromatic rings. The molecule has 1 aromatic carbocycles. The molecule has 0 bridgehead atoms. The molecule has 2 aliphatic carbocycles. The van der Waals surface area contributed by atoms with E-state index in [2.05, 4.69) is 20.3 Å². The van der Waals surface area contributed by atoms with Gasteiger partial charge in [0.1, 0.15) is 29.3 Å². The first-order valence-electron chi connectivity index (χ1n) is 17.0. The van der Waals surface area contributed by atoms with Crippen LogP contribution < -0.4 is 20.1 Å². The minimum Gasteiger partial charge on any atom is -0.465 e. The summed E-state index contributed by atoms with van der Waals surface area (Å²) < 4.78 is 40.0. The molecule has 15 heteroatoms. The van der Waals surface area contributed by atoms with Crippen LogP contribution in [0.15, 0.2) is 36.4 Å². The van der Waals surface area contributed by atoms with E-state index in [1.807, 2.05) is 36.4 Å². The van der Waals surface area contributed by atoms with E-state index >= 15 is 0 Å². The zero-order valence-electron chi connectivity index (χ0n) is 28.3. The zero-order valence-corrected chi connectivity index (χ0v) is 30.0. The van der Waals surface area contributed by atoms with E-state index in [0.717, 1.165) is 23.1 Å². The van der Waals surface area contributed by atoms with Gasteiger partial charge in [-0.05, 0) is 78.4 Å². The Labute approximate surface area is 290 Å². The summed E-state index contributed by atoms with van der Waals surface area (Å²) in [6.07, 6.45) is 6.96. The van der Waals surface area contributed by atoms with Crippen molar-refractivity contribution in [1.29, 1.82) is 0 Å². The fourth-order valence-corrected chi connectivity index (χ4v) is 8.63. The van der Waals surface area contributed by atoms with Crippen LogP contribution >= 0.6 is 11.3 Å². The maximum atomic E-state index is 14.3. The number of nitrogens with one attached hydrogen (secondary N) is 3. The Hall–Kier alpha value is -3.72. The second kappa shape index (κ2) is 13.2. The average Bonchev–Trinajstić information content (AvgIpc) is 3.82. The highest BCUT2D eigenvalue weighted by Crippen LogP contribution is 2.47. The first-order chi connectivity index (χ1) is 23.1. The number of rotatable bonds is 6. The number of ether oxygens (including phenoxy) is 2. The Morgan fingerprint density at radius 1 is 1.12 bits per heavy atom. The van der Waals surface area contributed by atoms with Crippen molar-refractivity contribution in [3.63, 3.8) is 0 Å². The largest absolute Gasteiger partial charge is 0.465 e. The molecule has 6 rings (SSSR count).